The van der Waals surface area contributed by atoms with Crippen LogP contribution in [-0.4, -0.2) is 10.9 Å². The van der Waals surface area contributed by atoms with Crippen LogP contribution in [0.3, 0.4) is 0 Å². The molecule has 0 amide bonds. The number of thiophene rings is 1. The van der Waals surface area contributed by atoms with Gasteiger partial charge in [-0.15, -0.1) is 11.3 Å². The lowest BCUT2D eigenvalue weighted by Gasteiger charge is -2.05. The molecule has 0 aliphatic rings. The van der Waals surface area contributed by atoms with Gasteiger partial charge in [0.05, 0.1) is 15.5 Å². The lowest BCUT2D eigenvalue weighted by molar-refractivity contribution is -0.384. The molecular weight excluding hydrogens is 325 g/mol. The number of benzene rings is 1. The number of esters is 1. The monoisotopic (exact) mass is 331 g/mol. The van der Waals surface area contributed by atoms with Crippen molar-refractivity contribution in [1.29, 1.82) is 0 Å². The quantitative estimate of drug-likeness (QED) is 0.475. The highest BCUT2D eigenvalue weighted by atomic mass is 35.5. The summed E-state index contributed by atoms with van der Waals surface area (Å²) in [6.07, 6.45) is 0. The number of rotatable bonds is 4. The van der Waals surface area contributed by atoms with E-state index in [0.717, 1.165) is 10.9 Å². The highest BCUT2D eigenvalue weighted by molar-refractivity contribution is 7.09. The van der Waals surface area contributed by atoms with Crippen molar-refractivity contribution in [3.63, 3.8) is 0 Å². The smallest absolute Gasteiger partial charge is 0.338 e. The highest BCUT2D eigenvalue weighted by Crippen LogP contribution is 2.33. The van der Waals surface area contributed by atoms with Crippen molar-refractivity contribution in [3.8, 4) is 0 Å². The first-order valence-electron chi connectivity index (χ1n) is 5.32. The van der Waals surface area contributed by atoms with Crippen LogP contribution in [0, 0.1) is 10.1 Å². The molecule has 1 aromatic heterocycles. The zero-order valence-corrected chi connectivity index (χ0v) is 12.2. The van der Waals surface area contributed by atoms with Gasteiger partial charge in [0.1, 0.15) is 11.6 Å². The van der Waals surface area contributed by atoms with Crippen molar-refractivity contribution in [3.05, 3.63) is 60.2 Å². The summed E-state index contributed by atoms with van der Waals surface area (Å²) in [6, 6.07) is 5.94. The molecule has 0 fully saturated rings. The van der Waals surface area contributed by atoms with E-state index in [0.29, 0.717) is 0 Å². The second-order valence-corrected chi connectivity index (χ2v) is 5.52. The largest absolute Gasteiger partial charge is 0.456 e. The summed E-state index contributed by atoms with van der Waals surface area (Å²) in [4.78, 5) is 22.8. The Morgan fingerprint density at radius 1 is 1.40 bits per heavy atom. The SMILES string of the molecule is O=C(OCc1cccs1)c1cc(Cl)c(Cl)c([N+](=O)[O-])c1. The standard InChI is InChI=1S/C12H7Cl2NO4S/c13-9-4-7(5-10(11(9)14)15(17)18)12(16)19-6-8-2-1-3-20-8/h1-5H,6H2. The predicted octanol–water partition coefficient (Wildman–Crippen LogP) is 4.32. The fourth-order valence-electron chi connectivity index (χ4n) is 1.44. The Bertz CT molecular complexity index is 658. The van der Waals surface area contributed by atoms with Crippen LogP contribution in [0.15, 0.2) is 29.6 Å². The third kappa shape index (κ3) is 3.27. The van der Waals surface area contributed by atoms with E-state index in [-0.39, 0.29) is 22.2 Å². The van der Waals surface area contributed by atoms with Gasteiger partial charge in [0, 0.05) is 10.9 Å². The van der Waals surface area contributed by atoms with Gasteiger partial charge in [0.25, 0.3) is 5.69 Å². The topological polar surface area (TPSA) is 69.4 Å². The van der Waals surface area contributed by atoms with Crippen LogP contribution in [0.1, 0.15) is 15.2 Å². The Kier molecular flexibility index (Phi) is 4.59. The molecule has 1 heterocycles. The molecule has 20 heavy (non-hydrogen) atoms. The molecule has 104 valence electrons. The van der Waals surface area contributed by atoms with Gasteiger partial charge in [-0.25, -0.2) is 4.79 Å². The van der Waals surface area contributed by atoms with Gasteiger partial charge in [-0.3, -0.25) is 10.1 Å². The van der Waals surface area contributed by atoms with Crippen LogP contribution in [-0.2, 0) is 11.3 Å². The number of nitro groups is 1. The van der Waals surface area contributed by atoms with Gasteiger partial charge in [-0.05, 0) is 17.5 Å². The molecule has 2 rings (SSSR count). The second kappa shape index (κ2) is 6.21. The number of carbonyl (C=O) groups is 1. The number of ether oxygens (including phenoxy) is 1. The van der Waals surface area contributed by atoms with E-state index in [1.807, 2.05) is 17.5 Å². The van der Waals surface area contributed by atoms with Gasteiger partial charge in [0.2, 0.25) is 0 Å². The molecule has 0 radical (unpaired) electrons. The van der Waals surface area contributed by atoms with Crippen molar-refractivity contribution in [2.75, 3.05) is 0 Å². The lowest BCUT2D eigenvalue weighted by atomic mass is 10.2. The molecule has 1 aromatic carbocycles. The normalized spacial score (nSPS) is 10.3. The first-order valence-corrected chi connectivity index (χ1v) is 6.95. The highest BCUT2D eigenvalue weighted by Gasteiger charge is 2.20. The number of nitro benzene ring substituents is 1. The van der Waals surface area contributed by atoms with Crippen molar-refractivity contribution in [2.24, 2.45) is 0 Å². The molecule has 0 aliphatic heterocycles. The summed E-state index contributed by atoms with van der Waals surface area (Å²) in [5.74, 6) is -0.694. The van der Waals surface area contributed by atoms with Gasteiger partial charge in [-0.1, -0.05) is 29.3 Å². The Morgan fingerprint density at radius 3 is 2.75 bits per heavy atom. The fraction of sp³-hybridized carbons (Fsp3) is 0.0833. The van der Waals surface area contributed by atoms with E-state index in [1.165, 1.54) is 17.4 Å². The maximum absolute atomic E-state index is 11.8. The average molecular weight is 332 g/mol. The molecule has 8 heteroatoms. The minimum absolute atomic E-state index is 0.0114. The predicted molar refractivity (Wildman–Crippen MR) is 76.6 cm³/mol. The maximum atomic E-state index is 11.8. The van der Waals surface area contributed by atoms with E-state index >= 15 is 0 Å². The molecule has 0 bridgehead atoms. The molecule has 0 aliphatic carbocycles. The molecule has 0 N–H and O–H groups in total. The summed E-state index contributed by atoms with van der Waals surface area (Å²) in [5, 5.41) is 12.4. The first-order chi connectivity index (χ1) is 9.49. The van der Waals surface area contributed by atoms with Gasteiger partial charge in [0.15, 0.2) is 0 Å². The number of carbonyl (C=O) groups excluding carboxylic acids is 1. The molecule has 0 unspecified atom stereocenters. The Morgan fingerprint density at radius 2 is 2.15 bits per heavy atom. The first kappa shape index (κ1) is 14.8. The molecule has 0 saturated heterocycles. The minimum Gasteiger partial charge on any atom is -0.456 e. The molecule has 0 spiro atoms. The van der Waals surface area contributed by atoms with Crippen LogP contribution in [0.5, 0.6) is 0 Å². The summed E-state index contributed by atoms with van der Waals surface area (Å²) < 4.78 is 5.05. The van der Waals surface area contributed by atoms with Gasteiger partial charge < -0.3 is 4.74 Å². The summed E-state index contributed by atoms with van der Waals surface area (Å²) in [6.45, 7) is 0.102. The second-order valence-electron chi connectivity index (χ2n) is 3.70. The van der Waals surface area contributed by atoms with Crippen LogP contribution in [0.4, 0.5) is 5.69 Å². The lowest BCUT2D eigenvalue weighted by Crippen LogP contribution is -2.05. The number of hydrogen-bond acceptors (Lipinski definition) is 5. The third-order valence-electron chi connectivity index (χ3n) is 2.37. The van der Waals surface area contributed by atoms with E-state index in [1.54, 1.807) is 0 Å². The van der Waals surface area contributed by atoms with Crippen molar-refractivity contribution in [2.45, 2.75) is 6.61 Å². The fourth-order valence-corrected chi connectivity index (χ4v) is 2.45. The number of nitrogens with zero attached hydrogens (tertiary/aromatic N) is 1. The molecule has 0 saturated carbocycles. The van der Waals surface area contributed by atoms with Crippen molar-refractivity contribution >= 4 is 46.2 Å². The van der Waals surface area contributed by atoms with E-state index in [4.69, 9.17) is 27.9 Å². The van der Waals surface area contributed by atoms with Crippen LogP contribution in [0.25, 0.3) is 0 Å². The molecule has 0 atom stereocenters. The third-order valence-corrected chi connectivity index (χ3v) is 4.01. The number of halogens is 2. The molecule has 2 aromatic rings. The maximum Gasteiger partial charge on any atom is 0.338 e. The summed E-state index contributed by atoms with van der Waals surface area (Å²) in [5.41, 5.74) is -0.440. The zero-order chi connectivity index (χ0) is 14.7. The number of hydrogen-bond donors (Lipinski definition) is 0. The van der Waals surface area contributed by atoms with E-state index in [2.05, 4.69) is 0 Å². The summed E-state index contributed by atoms with van der Waals surface area (Å²) >= 11 is 12.9. The summed E-state index contributed by atoms with van der Waals surface area (Å²) in [7, 11) is 0. The van der Waals surface area contributed by atoms with Crippen molar-refractivity contribution < 1.29 is 14.5 Å². The Hall–Kier alpha value is -1.63. The minimum atomic E-state index is -0.704. The van der Waals surface area contributed by atoms with E-state index < -0.39 is 16.6 Å². The Labute approximate surface area is 127 Å². The van der Waals surface area contributed by atoms with Crippen LogP contribution < -0.4 is 0 Å². The van der Waals surface area contributed by atoms with Crippen molar-refractivity contribution in [1.82, 2.24) is 0 Å². The van der Waals surface area contributed by atoms with Crippen LogP contribution in [0.2, 0.25) is 10.0 Å². The van der Waals surface area contributed by atoms with Gasteiger partial charge >= 0.3 is 5.97 Å². The van der Waals surface area contributed by atoms with Crippen LogP contribution >= 0.6 is 34.5 Å². The zero-order valence-electron chi connectivity index (χ0n) is 9.84. The average Bonchev–Trinajstić information content (AvgIpc) is 2.91. The molecule has 5 nitrogen and oxygen atoms in total. The van der Waals surface area contributed by atoms with Gasteiger partial charge in [-0.2, -0.15) is 0 Å². The van der Waals surface area contributed by atoms with E-state index in [9.17, 15) is 14.9 Å². The molecular formula is C12H7Cl2NO4S. The Balaban J connectivity index is 2.19.